The van der Waals surface area contributed by atoms with Crippen LogP contribution in [0.2, 0.25) is 0 Å². The first-order valence-corrected chi connectivity index (χ1v) is 5.90. The molecule has 0 spiro atoms. The normalized spacial score (nSPS) is 19.8. The van der Waals surface area contributed by atoms with E-state index in [4.69, 9.17) is 5.11 Å². The van der Waals surface area contributed by atoms with Gasteiger partial charge in [0.1, 0.15) is 6.04 Å². The Kier molecular flexibility index (Phi) is 4.80. The lowest BCUT2D eigenvalue weighted by molar-refractivity contribution is -0.195. The number of nitrogens with zero attached hydrogens (tertiary/aromatic N) is 1. The zero-order chi connectivity index (χ0) is 13.1. The molecule has 1 unspecified atom stereocenters. The summed E-state index contributed by atoms with van der Waals surface area (Å²) in [5.41, 5.74) is 0. The number of aliphatic carboxylic acids is 1. The number of rotatable bonds is 5. The van der Waals surface area contributed by atoms with E-state index in [1.54, 1.807) is 6.92 Å². The Labute approximate surface area is 98.6 Å². The first kappa shape index (κ1) is 14.3. The second-order valence-electron chi connectivity index (χ2n) is 4.42. The van der Waals surface area contributed by atoms with Crippen molar-refractivity contribution in [1.82, 2.24) is 4.90 Å². The van der Waals surface area contributed by atoms with Crippen LogP contribution < -0.4 is 0 Å². The minimum atomic E-state index is -4.48. The molecule has 1 saturated carbocycles. The molecule has 0 amide bonds. The third kappa shape index (κ3) is 3.87. The summed E-state index contributed by atoms with van der Waals surface area (Å²) in [5, 5.41) is 8.61. The van der Waals surface area contributed by atoms with Crippen LogP contribution in [0.4, 0.5) is 13.2 Å². The van der Waals surface area contributed by atoms with Crippen LogP contribution in [0.15, 0.2) is 0 Å². The van der Waals surface area contributed by atoms with Crippen LogP contribution in [-0.2, 0) is 4.79 Å². The molecule has 17 heavy (non-hydrogen) atoms. The van der Waals surface area contributed by atoms with Crippen LogP contribution in [0.3, 0.4) is 0 Å². The van der Waals surface area contributed by atoms with Gasteiger partial charge in [-0.25, -0.2) is 0 Å². The highest BCUT2D eigenvalue weighted by Crippen LogP contribution is 2.33. The quantitative estimate of drug-likeness (QED) is 0.818. The fourth-order valence-corrected chi connectivity index (χ4v) is 2.56. The number of hydrogen-bond donors (Lipinski definition) is 1. The van der Waals surface area contributed by atoms with Gasteiger partial charge in [-0.15, -0.1) is 0 Å². The Morgan fingerprint density at radius 3 is 2.29 bits per heavy atom. The molecule has 0 heterocycles. The molecule has 1 N–H and O–H groups in total. The van der Waals surface area contributed by atoms with Crippen LogP contribution >= 0.6 is 0 Å². The van der Waals surface area contributed by atoms with Crippen molar-refractivity contribution in [3.8, 4) is 0 Å². The highest BCUT2D eigenvalue weighted by molar-refractivity contribution is 5.67. The van der Waals surface area contributed by atoms with Crippen LogP contribution in [0.25, 0.3) is 0 Å². The monoisotopic (exact) mass is 253 g/mol. The standard InChI is InChI=1S/C11H18F3NO2/c1-2-15(8-5-3-4-6-8)9(7-10(16)17)11(12,13)14/h8-9H,2-7H2,1H3,(H,16,17). The van der Waals surface area contributed by atoms with Crippen molar-refractivity contribution in [3.63, 3.8) is 0 Å². The molecule has 1 aliphatic carbocycles. The molecule has 0 aromatic heterocycles. The second kappa shape index (κ2) is 5.71. The van der Waals surface area contributed by atoms with Crippen LogP contribution in [0.5, 0.6) is 0 Å². The van der Waals surface area contributed by atoms with E-state index in [2.05, 4.69) is 0 Å². The topological polar surface area (TPSA) is 40.5 Å². The highest BCUT2D eigenvalue weighted by atomic mass is 19.4. The molecule has 0 aromatic rings. The Bertz CT molecular complexity index is 262. The largest absolute Gasteiger partial charge is 0.481 e. The zero-order valence-corrected chi connectivity index (χ0v) is 9.83. The van der Waals surface area contributed by atoms with Crippen molar-refractivity contribution < 1.29 is 23.1 Å². The summed E-state index contributed by atoms with van der Waals surface area (Å²) in [6.07, 6.45) is -2.01. The third-order valence-electron chi connectivity index (χ3n) is 3.31. The SMILES string of the molecule is CCN(C1CCCC1)C(CC(=O)O)C(F)(F)F. The lowest BCUT2D eigenvalue weighted by Gasteiger charge is -2.35. The maximum Gasteiger partial charge on any atom is 0.404 e. The number of carboxylic acid groups (broad SMARTS) is 1. The average molecular weight is 253 g/mol. The molecule has 1 aliphatic rings. The van der Waals surface area contributed by atoms with E-state index in [9.17, 15) is 18.0 Å². The van der Waals surface area contributed by atoms with E-state index in [-0.39, 0.29) is 12.6 Å². The minimum Gasteiger partial charge on any atom is -0.481 e. The fourth-order valence-electron chi connectivity index (χ4n) is 2.56. The van der Waals surface area contributed by atoms with Gasteiger partial charge in [0.05, 0.1) is 6.42 Å². The molecule has 1 rings (SSSR count). The van der Waals surface area contributed by atoms with Gasteiger partial charge >= 0.3 is 12.1 Å². The molecule has 0 aliphatic heterocycles. The van der Waals surface area contributed by atoms with Crippen molar-refractivity contribution in [1.29, 1.82) is 0 Å². The van der Waals surface area contributed by atoms with Gasteiger partial charge in [-0.3, -0.25) is 9.69 Å². The molecule has 0 bridgehead atoms. The van der Waals surface area contributed by atoms with Gasteiger partial charge in [-0.05, 0) is 19.4 Å². The van der Waals surface area contributed by atoms with Gasteiger partial charge in [0.25, 0.3) is 0 Å². The van der Waals surface area contributed by atoms with E-state index >= 15 is 0 Å². The van der Waals surface area contributed by atoms with Crippen LogP contribution in [-0.4, -0.2) is 40.8 Å². The summed E-state index contributed by atoms with van der Waals surface area (Å²) >= 11 is 0. The Morgan fingerprint density at radius 1 is 1.41 bits per heavy atom. The van der Waals surface area contributed by atoms with Gasteiger partial charge in [-0.2, -0.15) is 13.2 Å². The van der Waals surface area contributed by atoms with E-state index in [0.29, 0.717) is 0 Å². The van der Waals surface area contributed by atoms with Crippen LogP contribution in [0, 0.1) is 0 Å². The molecule has 3 nitrogen and oxygen atoms in total. The number of carbonyl (C=O) groups is 1. The van der Waals surface area contributed by atoms with Crippen molar-refractivity contribution in [3.05, 3.63) is 0 Å². The molecule has 100 valence electrons. The minimum absolute atomic E-state index is 0.119. The Balaban J connectivity index is 2.81. The summed E-state index contributed by atoms with van der Waals surface area (Å²) < 4.78 is 38.6. The van der Waals surface area contributed by atoms with E-state index < -0.39 is 24.6 Å². The molecular formula is C11H18F3NO2. The molecule has 1 fully saturated rings. The maximum atomic E-state index is 12.9. The van der Waals surface area contributed by atoms with Crippen molar-refractivity contribution in [2.45, 2.75) is 57.3 Å². The molecule has 1 atom stereocenters. The number of alkyl halides is 3. The fraction of sp³-hybridized carbons (Fsp3) is 0.909. The summed E-state index contributed by atoms with van der Waals surface area (Å²) in [7, 11) is 0. The predicted molar refractivity (Wildman–Crippen MR) is 56.7 cm³/mol. The lowest BCUT2D eigenvalue weighted by atomic mass is 10.1. The molecule has 0 radical (unpaired) electrons. The number of hydrogen-bond acceptors (Lipinski definition) is 2. The van der Waals surface area contributed by atoms with Crippen molar-refractivity contribution >= 4 is 5.97 Å². The molecular weight excluding hydrogens is 235 g/mol. The number of halogens is 3. The lowest BCUT2D eigenvalue weighted by Crippen LogP contribution is -2.50. The summed E-state index contributed by atoms with van der Waals surface area (Å²) in [5.74, 6) is -1.40. The van der Waals surface area contributed by atoms with Crippen molar-refractivity contribution in [2.75, 3.05) is 6.54 Å². The van der Waals surface area contributed by atoms with E-state index in [1.807, 2.05) is 0 Å². The van der Waals surface area contributed by atoms with Gasteiger partial charge in [0.2, 0.25) is 0 Å². The molecule has 0 aromatic carbocycles. The Morgan fingerprint density at radius 2 is 1.94 bits per heavy atom. The van der Waals surface area contributed by atoms with Gasteiger partial charge in [0, 0.05) is 6.04 Å². The third-order valence-corrected chi connectivity index (χ3v) is 3.31. The smallest absolute Gasteiger partial charge is 0.404 e. The molecule has 0 saturated heterocycles. The second-order valence-corrected chi connectivity index (χ2v) is 4.42. The first-order chi connectivity index (χ1) is 7.86. The van der Waals surface area contributed by atoms with E-state index in [1.165, 1.54) is 4.90 Å². The zero-order valence-electron chi connectivity index (χ0n) is 9.83. The first-order valence-electron chi connectivity index (χ1n) is 5.90. The Hall–Kier alpha value is -0.780. The van der Waals surface area contributed by atoms with Gasteiger partial charge < -0.3 is 5.11 Å². The van der Waals surface area contributed by atoms with E-state index in [0.717, 1.165) is 25.7 Å². The van der Waals surface area contributed by atoms with Crippen LogP contribution in [0.1, 0.15) is 39.0 Å². The maximum absolute atomic E-state index is 12.9. The van der Waals surface area contributed by atoms with Crippen molar-refractivity contribution in [2.24, 2.45) is 0 Å². The summed E-state index contributed by atoms with van der Waals surface area (Å²) in [4.78, 5) is 11.9. The predicted octanol–water partition coefficient (Wildman–Crippen LogP) is 2.66. The highest BCUT2D eigenvalue weighted by Gasteiger charge is 2.46. The van der Waals surface area contributed by atoms with Gasteiger partial charge in [-0.1, -0.05) is 19.8 Å². The molecule has 6 heteroatoms. The number of carboxylic acids is 1. The summed E-state index contributed by atoms with van der Waals surface area (Å²) in [6, 6.07) is -1.97. The van der Waals surface area contributed by atoms with Gasteiger partial charge in [0.15, 0.2) is 0 Å². The summed E-state index contributed by atoms with van der Waals surface area (Å²) in [6.45, 7) is 1.89. The average Bonchev–Trinajstić information content (AvgIpc) is 2.68.